The summed E-state index contributed by atoms with van der Waals surface area (Å²) in [6.07, 6.45) is 2.45. The number of nitrogens with zero attached hydrogens (tertiary/aromatic N) is 2. The molecule has 0 radical (unpaired) electrons. The van der Waals surface area contributed by atoms with Gasteiger partial charge in [-0.05, 0) is 24.6 Å². The van der Waals surface area contributed by atoms with E-state index in [2.05, 4.69) is 25.9 Å². The Labute approximate surface area is 112 Å². The van der Waals surface area contributed by atoms with Crippen molar-refractivity contribution in [1.29, 1.82) is 0 Å². The van der Waals surface area contributed by atoms with Gasteiger partial charge in [-0.1, -0.05) is 22.0 Å². The molecule has 1 heterocycles. The zero-order valence-electron chi connectivity index (χ0n) is 9.42. The molecule has 2 rings (SSSR count). The minimum absolute atomic E-state index is 0.0266. The zero-order valence-corrected chi connectivity index (χ0v) is 11.0. The Morgan fingerprint density at radius 3 is 2.94 bits per heavy atom. The molecule has 0 amide bonds. The van der Waals surface area contributed by atoms with E-state index in [1.165, 1.54) is 12.5 Å². The van der Waals surface area contributed by atoms with Crippen LogP contribution in [0.3, 0.4) is 0 Å². The van der Waals surface area contributed by atoms with E-state index in [0.29, 0.717) is 5.75 Å². The van der Waals surface area contributed by atoms with E-state index in [9.17, 15) is 4.79 Å². The first kappa shape index (κ1) is 12.5. The maximum absolute atomic E-state index is 11.0. The van der Waals surface area contributed by atoms with E-state index in [1.54, 1.807) is 6.07 Å². The minimum atomic E-state index is -1.13. The first-order chi connectivity index (χ1) is 8.58. The van der Waals surface area contributed by atoms with Crippen LogP contribution in [0.2, 0.25) is 0 Å². The van der Waals surface area contributed by atoms with Crippen LogP contribution in [-0.2, 0) is 0 Å². The molecule has 92 valence electrons. The van der Waals surface area contributed by atoms with Crippen molar-refractivity contribution in [2.45, 2.75) is 6.92 Å². The molecule has 0 aliphatic rings. The summed E-state index contributed by atoms with van der Waals surface area (Å²) in [5.41, 5.74) is 0.810. The summed E-state index contributed by atoms with van der Waals surface area (Å²) >= 11 is 3.33. The van der Waals surface area contributed by atoms with Gasteiger partial charge >= 0.3 is 5.97 Å². The number of ether oxygens (including phenoxy) is 1. The lowest BCUT2D eigenvalue weighted by Crippen LogP contribution is -2.03. The number of carboxylic acid groups (broad SMARTS) is 1. The Morgan fingerprint density at radius 1 is 1.44 bits per heavy atom. The fourth-order valence-corrected chi connectivity index (χ4v) is 1.67. The highest BCUT2D eigenvalue weighted by molar-refractivity contribution is 9.10. The lowest BCUT2D eigenvalue weighted by molar-refractivity contribution is 0.0693. The first-order valence-electron chi connectivity index (χ1n) is 5.05. The van der Waals surface area contributed by atoms with Crippen LogP contribution in [0.1, 0.15) is 15.9 Å². The van der Waals surface area contributed by atoms with Crippen molar-refractivity contribution in [1.82, 2.24) is 9.97 Å². The van der Waals surface area contributed by atoms with Crippen molar-refractivity contribution in [3.05, 3.63) is 46.3 Å². The molecule has 0 saturated carbocycles. The summed E-state index contributed by atoms with van der Waals surface area (Å²) in [4.78, 5) is 18.5. The quantitative estimate of drug-likeness (QED) is 0.943. The normalized spacial score (nSPS) is 10.1. The highest BCUT2D eigenvalue weighted by Gasteiger charge is 2.14. The molecule has 1 N–H and O–H groups in total. The molecule has 6 heteroatoms. The van der Waals surface area contributed by atoms with Gasteiger partial charge in [-0.2, -0.15) is 0 Å². The third-order valence-electron chi connectivity index (χ3n) is 2.26. The molecule has 0 saturated heterocycles. The highest BCUT2D eigenvalue weighted by Crippen LogP contribution is 2.28. The van der Waals surface area contributed by atoms with Gasteiger partial charge in [-0.3, -0.25) is 0 Å². The van der Waals surface area contributed by atoms with Gasteiger partial charge in [0.15, 0.2) is 0 Å². The Balaban J connectivity index is 2.40. The van der Waals surface area contributed by atoms with Crippen LogP contribution in [0.15, 0.2) is 35.2 Å². The predicted octanol–water partition coefficient (Wildman–Crippen LogP) is 3.04. The molecular formula is C12H9BrN2O3. The summed E-state index contributed by atoms with van der Waals surface area (Å²) in [5, 5.41) is 9.00. The molecule has 0 aliphatic carbocycles. The standard InChI is InChI=1S/C12H9BrN2O3/c1-7-2-3-8(13)4-10(7)18-11-9(12(16)17)5-14-6-15-11/h2-6H,1H3,(H,16,17). The number of aryl methyl sites for hydroxylation is 1. The molecule has 5 nitrogen and oxygen atoms in total. The molecule has 0 bridgehead atoms. The van der Waals surface area contributed by atoms with E-state index in [4.69, 9.17) is 9.84 Å². The number of aromatic nitrogens is 2. The Bertz CT molecular complexity index is 602. The first-order valence-corrected chi connectivity index (χ1v) is 5.84. The Kier molecular flexibility index (Phi) is 3.57. The van der Waals surface area contributed by atoms with Gasteiger partial charge in [0.2, 0.25) is 5.88 Å². The maximum atomic E-state index is 11.0. The second-order valence-corrected chi connectivity index (χ2v) is 4.47. The summed E-state index contributed by atoms with van der Waals surface area (Å²) < 4.78 is 6.36. The van der Waals surface area contributed by atoms with Gasteiger partial charge in [-0.15, -0.1) is 0 Å². The predicted molar refractivity (Wildman–Crippen MR) is 67.9 cm³/mol. The van der Waals surface area contributed by atoms with Crippen molar-refractivity contribution in [2.75, 3.05) is 0 Å². The second kappa shape index (κ2) is 5.14. The van der Waals surface area contributed by atoms with Crippen molar-refractivity contribution < 1.29 is 14.6 Å². The van der Waals surface area contributed by atoms with Crippen LogP contribution in [0, 0.1) is 6.92 Å². The largest absolute Gasteiger partial charge is 0.477 e. The molecule has 0 spiro atoms. The van der Waals surface area contributed by atoms with E-state index in [-0.39, 0.29) is 11.4 Å². The third-order valence-corrected chi connectivity index (χ3v) is 2.76. The number of aromatic carboxylic acids is 1. The highest BCUT2D eigenvalue weighted by atomic mass is 79.9. The van der Waals surface area contributed by atoms with Crippen molar-refractivity contribution in [3.63, 3.8) is 0 Å². The van der Waals surface area contributed by atoms with E-state index in [1.807, 2.05) is 19.1 Å². The van der Waals surface area contributed by atoms with Crippen LogP contribution in [-0.4, -0.2) is 21.0 Å². The fourth-order valence-electron chi connectivity index (χ4n) is 1.33. The van der Waals surface area contributed by atoms with Crippen LogP contribution in [0.4, 0.5) is 0 Å². The maximum Gasteiger partial charge on any atom is 0.342 e. The number of rotatable bonds is 3. The Hall–Kier alpha value is -1.95. The van der Waals surface area contributed by atoms with E-state index in [0.717, 1.165) is 10.0 Å². The smallest absolute Gasteiger partial charge is 0.342 e. The van der Waals surface area contributed by atoms with Gasteiger partial charge in [0, 0.05) is 10.7 Å². The van der Waals surface area contributed by atoms with Crippen molar-refractivity contribution in [2.24, 2.45) is 0 Å². The molecule has 0 atom stereocenters. The molecule has 2 aromatic rings. The van der Waals surface area contributed by atoms with Gasteiger partial charge in [-0.25, -0.2) is 14.8 Å². The van der Waals surface area contributed by atoms with Crippen LogP contribution in [0.25, 0.3) is 0 Å². The van der Waals surface area contributed by atoms with Crippen molar-refractivity contribution >= 4 is 21.9 Å². The van der Waals surface area contributed by atoms with E-state index >= 15 is 0 Å². The molecule has 1 aromatic heterocycles. The molecule has 0 unspecified atom stereocenters. The summed E-state index contributed by atoms with van der Waals surface area (Å²) in [6, 6.07) is 5.49. The zero-order chi connectivity index (χ0) is 13.1. The number of carbonyl (C=O) groups is 1. The second-order valence-electron chi connectivity index (χ2n) is 3.56. The number of halogens is 1. The van der Waals surface area contributed by atoms with Crippen molar-refractivity contribution in [3.8, 4) is 11.6 Å². The van der Waals surface area contributed by atoms with Crippen LogP contribution >= 0.6 is 15.9 Å². The lowest BCUT2D eigenvalue weighted by atomic mass is 10.2. The number of hydrogen-bond acceptors (Lipinski definition) is 4. The molecule has 0 aliphatic heterocycles. The number of carboxylic acids is 1. The fraction of sp³-hybridized carbons (Fsp3) is 0.0833. The number of benzene rings is 1. The summed E-state index contributed by atoms with van der Waals surface area (Å²) in [7, 11) is 0. The molecule has 1 aromatic carbocycles. The Morgan fingerprint density at radius 2 is 2.22 bits per heavy atom. The van der Waals surface area contributed by atoms with Crippen LogP contribution < -0.4 is 4.74 Å². The van der Waals surface area contributed by atoms with Gasteiger partial charge < -0.3 is 9.84 Å². The van der Waals surface area contributed by atoms with Gasteiger partial charge in [0.1, 0.15) is 17.6 Å². The lowest BCUT2D eigenvalue weighted by Gasteiger charge is -2.09. The monoisotopic (exact) mass is 308 g/mol. The van der Waals surface area contributed by atoms with Crippen LogP contribution in [0.5, 0.6) is 11.6 Å². The number of hydrogen-bond donors (Lipinski definition) is 1. The van der Waals surface area contributed by atoms with Gasteiger partial charge in [0.25, 0.3) is 0 Å². The molecule has 0 fully saturated rings. The topological polar surface area (TPSA) is 72.3 Å². The molecule has 18 heavy (non-hydrogen) atoms. The average Bonchev–Trinajstić information content (AvgIpc) is 2.34. The SMILES string of the molecule is Cc1ccc(Br)cc1Oc1ncncc1C(=O)O. The average molecular weight is 309 g/mol. The third kappa shape index (κ3) is 2.65. The minimum Gasteiger partial charge on any atom is -0.477 e. The summed E-state index contributed by atoms with van der Waals surface area (Å²) in [6.45, 7) is 1.86. The van der Waals surface area contributed by atoms with E-state index < -0.39 is 5.97 Å². The molecular weight excluding hydrogens is 300 g/mol. The summed E-state index contributed by atoms with van der Waals surface area (Å²) in [5.74, 6) is -0.553. The van der Waals surface area contributed by atoms with Gasteiger partial charge in [0.05, 0.1) is 0 Å².